The molecule has 0 bridgehead atoms. The van der Waals surface area contributed by atoms with E-state index in [0.29, 0.717) is 28.8 Å². The van der Waals surface area contributed by atoms with Gasteiger partial charge in [0.15, 0.2) is 0 Å². The standard InChI is InChI=1S/C18H17Cl2NO2/c1-10-5-11(2)17(15(20)6-10)21-18(22)13-7-12-8-14(19)3-4-16(12)23-9-13/h3-6,8,13H,7,9H2,1-2H3,(H,21,22). The first kappa shape index (κ1) is 16.2. The maximum Gasteiger partial charge on any atom is 0.231 e. The van der Waals surface area contributed by atoms with Gasteiger partial charge in [-0.15, -0.1) is 0 Å². The van der Waals surface area contributed by atoms with E-state index in [1.165, 1.54) is 0 Å². The summed E-state index contributed by atoms with van der Waals surface area (Å²) in [6.07, 6.45) is 0.601. The van der Waals surface area contributed by atoms with E-state index in [9.17, 15) is 4.79 Å². The Morgan fingerprint density at radius 2 is 2.00 bits per heavy atom. The molecule has 1 N–H and O–H groups in total. The quantitative estimate of drug-likeness (QED) is 0.845. The normalized spacial score (nSPS) is 16.4. The number of anilines is 1. The van der Waals surface area contributed by atoms with Crippen molar-refractivity contribution in [2.45, 2.75) is 20.3 Å². The first-order valence-electron chi connectivity index (χ1n) is 7.43. The second kappa shape index (κ2) is 6.42. The van der Waals surface area contributed by atoms with Crippen molar-refractivity contribution in [1.29, 1.82) is 0 Å². The molecule has 0 aliphatic carbocycles. The molecule has 5 heteroatoms. The minimum Gasteiger partial charge on any atom is -0.492 e. The second-order valence-electron chi connectivity index (χ2n) is 5.89. The number of ether oxygens (including phenoxy) is 1. The van der Waals surface area contributed by atoms with Crippen LogP contribution in [0, 0.1) is 19.8 Å². The summed E-state index contributed by atoms with van der Waals surface area (Å²) in [5.74, 6) is 0.435. The summed E-state index contributed by atoms with van der Waals surface area (Å²) < 4.78 is 5.68. The van der Waals surface area contributed by atoms with Crippen LogP contribution in [0.1, 0.15) is 16.7 Å². The summed E-state index contributed by atoms with van der Waals surface area (Å²) in [6.45, 7) is 4.25. The zero-order chi connectivity index (χ0) is 16.6. The predicted molar refractivity (Wildman–Crippen MR) is 93.7 cm³/mol. The van der Waals surface area contributed by atoms with E-state index >= 15 is 0 Å². The van der Waals surface area contributed by atoms with Gasteiger partial charge in [0.2, 0.25) is 5.91 Å². The maximum absolute atomic E-state index is 12.6. The Kier molecular flexibility index (Phi) is 4.51. The van der Waals surface area contributed by atoms with Gasteiger partial charge in [0.25, 0.3) is 0 Å². The van der Waals surface area contributed by atoms with Crippen molar-refractivity contribution < 1.29 is 9.53 Å². The van der Waals surface area contributed by atoms with Crippen LogP contribution in [0.3, 0.4) is 0 Å². The van der Waals surface area contributed by atoms with Crippen LogP contribution in [0.25, 0.3) is 0 Å². The van der Waals surface area contributed by atoms with Gasteiger partial charge in [0, 0.05) is 5.02 Å². The first-order chi connectivity index (χ1) is 10.9. The summed E-state index contributed by atoms with van der Waals surface area (Å²) >= 11 is 12.3. The summed E-state index contributed by atoms with van der Waals surface area (Å²) in [5, 5.41) is 4.13. The largest absolute Gasteiger partial charge is 0.492 e. The third-order valence-corrected chi connectivity index (χ3v) is 4.51. The number of amides is 1. The average molecular weight is 350 g/mol. The van der Waals surface area contributed by atoms with Gasteiger partial charge < -0.3 is 10.1 Å². The minimum atomic E-state index is -0.266. The van der Waals surface area contributed by atoms with Gasteiger partial charge in [-0.2, -0.15) is 0 Å². The van der Waals surface area contributed by atoms with Crippen molar-refractivity contribution in [3.8, 4) is 5.75 Å². The molecule has 0 saturated heterocycles. The average Bonchev–Trinajstić information content (AvgIpc) is 2.49. The summed E-state index contributed by atoms with van der Waals surface area (Å²) in [7, 11) is 0. The summed E-state index contributed by atoms with van der Waals surface area (Å²) in [6, 6.07) is 9.31. The van der Waals surface area contributed by atoms with Crippen LogP contribution in [0.2, 0.25) is 10.0 Å². The molecule has 0 fully saturated rings. The number of hydrogen-bond acceptors (Lipinski definition) is 2. The molecule has 3 nitrogen and oxygen atoms in total. The van der Waals surface area contributed by atoms with Crippen LogP contribution < -0.4 is 10.1 Å². The van der Waals surface area contributed by atoms with Gasteiger partial charge in [-0.25, -0.2) is 0 Å². The number of carbonyl (C=O) groups is 1. The van der Waals surface area contributed by atoms with Crippen LogP contribution in [-0.2, 0) is 11.2 Å². The number of halogens is 2. The van der Waals surface area contributed by atoms with Crippen LogP contribution in [0.15, 0.2) is 30.3 Å². The molecule has 0 aromatic heterocycles. The molecule has 1 aliphatic rings. The Hall–Kier alpha value is -1.71. The summed E-state index contributed by atoms with van der Waals surface area (Å²) in [4.78, 5) is 12.6. The smallest absolute Gasteiger partial charge is 0.231 e. The lowest BCUT2D eigenvalue weighted by Gasteiger charge is -2.25. The lowest BCUT2D eigenvalue weighted by atomic mass is 9.95. The third kappa shape index (κ3) is 3.46. The molecule has 1 heterocycles. The van der Waals surface area contributed by atoms with Crippen molar-refractivity contribution in [2.24, 2.45) is 5.92 Å². The van der Waals surface area contributed by atoms with E-state index in [1.54, 1.807) is 6.07 Å². The Bertz CT molecular complexity index is 751. The lowest BCUT2D eigenvalue weighted by Crippen LogP contribution is -2.32. The van der Waals surface area contributed by atoms with Crippen molar-refractivity contribution in [2.75, 3.05) is 11.9 Å². The highest BCUT2D eigenvalue weighted by atomic mass is 35.5. The van der Waals surface area contributed by atoms with Gasteiger partial charge in [-0.3, -0.25) is 4.79 Å². The maximum atomic E-state index is 12.6. The van der Waals surface area contributed by atoms with Crippen LogP contribution in [0.5, 0.6) is 5.75 Å². The molecule has 0 saturated carbocycles. The Morgan fingerprint density at radius 1 is 1.22 bits per heavy atom. The van der Waals surface area contributed by atoms with E-state index in [0.717, 1.165) is 22.4 Å². The predicted octanol–water partition coefficient (Wildman–Crippen LogP) is 4.80. The Labute approximate surface area is 145 Å². The molecule has 0 radical (unpaired) electrons. The molecule has 0 spiro atoms. The van der Waals surface area contributed by atoms with Crippen LogP contribution in [-0.4, -0.2) is 12.5 Å². The van der Waals surface area contributed by atoms with E-state index in [2.05, 4.69) is 5.32 Å². The molecular formula is C18H17Cl2NO2. The van der Waals surface area contributed by atoms with Gasteiger partial charge in [-0.05, 0) is 61.2 Å². The molecule has 1 atom stereocenters. The van der Waals surface area contributed by atoms with Crippen molar-refractivity contribution in [3.63, 3.8) is 0 Å². The first-order valence-corrected chi connectivity index (χ1v) is 8.18. The monoisotopic (exact) mass is 349 g/mol. The fourth-order valence-electron chi connectivity index (χ4n) is 2.83. The van der Waals surface area contributed by atoms with E-state index < -0.39 is 0 Å². The van der Waals surface area contributed by atoms with E-state index in [1.807, 2.05) is 38.1 Å². The van der Waals surface area contributed by atoms with Crippen LogP contribution in [0.4, 0.5) is 5.69 Å². The van der Waals surface area contributed by atoms with E-state index in [4.69, 9.17) is 27.9 Å². The van der Waals surface area contributed by atoms with Gasteiger partial charge >= 0.3 is 0 Å². The molecule has 1 unspecified atom stereocenters. The molecule has 1 amide bonds. The molecule has 2 aromatic rings. The molecule has 2 aromatic carbocycles. The fraction of sp³-hybridized carbons (Fsp3) is 0.278. The fourth-order valence-corrected chi connectivity index (χ4v) is 3.39. The lowest BCUT2D eigenvalue weighted by molar-refractivity contribution is -0.121. The molecule has 120 valence electrons. The Morgan fingerprint density at radius 3 is 2.74 bits per heavy atom. The molecule has 1 aliphatic heterocycles. The zero-order valence-electron chi connectivity index (χ0n) is 13.0. The van der Waals surface area contributed by atoms with Crippen molar-refractivity contribution >= 4 is 34.8 Å². The van der Waals surface area contributed by atoms with E-state index in [-0.39, 0.29) is 11.8 Å². The minimum absolute atomic E-state index is 0.0931. The summed E-state index contributed by atoms with van der Waals surface area (Å²) in [5.41, 5.74) is 3.63. The van der Waals surface area contributed by atoms with Gasteiger partial charge in [0.1, 0.15) is 12.4 Å². The Balaban J connectivity index is 1.78. The molecule has 23 heavy (non-hydrogen) atoms. The van der Waals surface area contributed by atoms with Gasteiger partial charge in [0.05, 0.1) is 16.6 Å². The number of nitrogens with one attached hydrogen (secondary N) is 1. The number of benzene rings is 2. The number of fused-ring (bicyclic) bond motifs is 1. The zero-order valence-corrected chi connectivity index (χ0v) is 14.5. The SMILES string of the molecule is Cc1cc(C)c(NC(=O)C2COc3ccc(Cl)cc3C2)c(Cl)c1. The number of carbonyl (C=O) groups excluding carboxylic acids is 1. The second-order valence-corrected chi connectivity index (χ2v) is 6.74. The highest BCUT2D eigenvalue weighted by Gasteiger charge is 2.27. The third-order valence-electron chi connectivity index (χ3n) is 3.98. The highest BCUT2D eigenvalue weighted by Crippen LogP contribution is 2.32. The number of hydrogen-bond donors (Lipinski definition) is 1. The van der Waals surface area contributed by atoms with Gasteiger partial charge in [-0.1, -0.05) is 29.3 Å². The molecular weight excluding hydrogens is 333 g/mol. The topological polar surface area (TPSA) is 38.3 Å². The van der Waals surface area contributed by atoms with Crippen molar-refractivity contribution in [3.05, 3.63) is 57.1 Å². The number of rotatable bonds is 2. The van der Waals surface area contributed by atoms with Crippen LogP contribution >= 0.6 is 23.2 Å². The molecule has 3 rings (SSSR count). The van der Waals surface area contributed by atoms with Crippen molar-refractivity contribution in [1.82, 2.24) is 0 Å². The number of aryl methyl sites for hydroxylation is 2. The highest BCUT2D eigenvalue weighted by molar-refractivity contribution is 6.34.